The van der Waals surface area contributed by atoms with Gasteiger partial charge in [-0.15, -0.1) is 0 Å². The number of nitrogens with one attached hydrogen (secondary N) is 1. The summed E-state index contributed by atoms with van der Waals surface area (Å²) in [6.07, 6.45) is 20.2. The van der Waals surface area contributed by atoms with Crippen molar-refractivity contribution in [3.8, 4) is 0 Å². The van der Waals surface area contributed by atoms with Crippen LogP contribution in [0, 0.1) is 11.8 Å². The summed E-state index contributed by atoms with van der Waals surface area (Å²) < 4.78 is 53.4. The molecule has 5 aromatic rings. The molecule has 6 heterocycles. The SMILES string of the molecule is CS(=O)(=O)N1CCC(C2c3ccc(Cl)cc3C=C(C(=O)N3CCC([n+]4cc[nH]c4)CC3)c3cccnc32)CC1.CS(=O)(=O)N1CCC(C2c3ccc(Cl)cc3C=C(C(=O)O)c3cccnc32)CC1. The second-order valence-electron chi connectivity index (χ2n) is 18.4. The third kappa shape index (κ3) is 9.94. The molecule has 0 radical (unpaired) electrons. The number of carbonyl (C=O) groups excluding carboxylic acids is 1. The first-order valence-corrected chi connectivity index (χ1v) is 27.4. The van der Waals surface area contributed by atoms with Crippen molar-refractivity contribution < 1.29 is 36.1 Å². The molecule has 18 heteroatoms. The van der Waals surface area contributed by atoms with Crippen molar-refractivity contribution in [3.05, 3.63) is 147 Å². The summed E-state index contributed by atoms with van der Waals surface area (Å²) in [6.45, 7) is 3.24. The zero-order valence-corrected chi connectivity index (χ0v) is 41.0. The Morgan fingerprint density at radius 2 is 1.15 bits per heavy atom. The van der Waals surface area contributed by atoms with Gasteiger partial charge in [-0.3, -0.25) is 19.7 Å². The number of halogens is 2. The van der Waals surface area contributed by atoms with Crippen LogP contribution in [0.3, 0.4) is 0 Å². The highest BCUT2D eigenvalue weighted by Crippen LogP contribution is 2.47. The molecule has 0 saturated carbocycles. The first-order chi connectivity index (χ1) is 32.5. The molecule has 3 saturated heterocycles. The van der Waals surface area contributed by atoms with E-state index in [1.807, 2.05) is 66.1 Å². The number of amides is 1. The third-order valence-corrected chi connectivity index (χ3v) is 17.4. The number of carboxylic acids is 1. The lowest BCUT2D eigenvalue weighted by molar-refractivity contribution is -0.724. The number of pyridine rings is 2. The highest BCUT2D eigenvalue weighted by Gasteiger charge is 2.39. The minimum absolute atomic E-state index is 0.0141. The smallest absolute Gasteiger partial charge is 0.336 e. The summed E-state index contributed by atoms with van der Waals surface area (Å²) in [5, 5.41) is 11.0. The molecule has 3 fully saturated rings. The van der Waals surface area contributed by atoms with Crippen LogP contribution in [0.4, 0.5) is 0 Å². The molecular formula is C50H54Cl2N7O7S2+. The van der Waals surface area contributed by atoms with E-state index in [0.29, 0.717) is 79.3 Å². The third-order valence-electron chi connectivity index (χ3n) is 14.3. The number of carboxylic acid groups (broad SMARTS) is 1. The minimum Gasteiger partial charge on any atom is -0.478 e. The van der Waals surface area contributed by atoms with Crippen molar-refractivity contribution in [3.63, 3.8) is 0 Å². The van der Waals surface area contributed by atoms with E-state index < -0.39 is 26.0 Å². The van der Waals surface area contributed by atoms with Crippen molar-refractivity contribution in [2.45, 2.75) is 56.4 Å². The summed E-state index contributed by atoms with van der Waals surface area (Å²) in [5.41, 5.74) is 7.65. The zero-order chi connectivity index (χ0) is 47.9. The molecule has 10 rings (SSSR count). The maximum absolute atomic E-state index is 14.1. The molecule has 356 valence electrons. The average molecular weight is 1000 g/mol. The number of aromatic nitrogens is 4. The van der Waals surface area contributed by atoms with E-state index in [-0.39, 0.29) is 35.2 Å². The van der Waals surface area contributed by atoms with Gasteiger partial charge in [-0.1, -0.05) is 47.5 Å². The summed E-state index contributed by atoms with van der Waals surface area (Å²) in [5.74, 6) is -0.865. The number of hydrogen-bond donors (Lipinski definition) is 2. The number of fused-ring (bicyclic) bond motifs is 4. The number of aliphatic carboxylic acids is 1. The minimum atomic E-state index is -3.23. The maximum Gasteiger partial charge on any atom is 0.336 e. The van der Waals surface area contributed by atoms with Gasteiger partial charge in [0.2, 0.25) is 26.4 Å². The zero-order valence-electron chi connectivity index (χ0n) is 37.8. The van der Waals surface area contributed by atoms with Gasteiger partial charge in [-0.25, -0.2) is 34.8 Å². The lowest BCUT2D eigenvalue weighted by Crippen LogP contribution is -2.47. The number of sulfonamides is 2. The van der Waals surface area contributed by atoms with Gasteiger partial charge < -0.3 is 10.0 Å². The number of carbonyl (C=O) groups is 2. The topological polar surface area (TPSA) is 178 Å². The Balaban J connectivity index is 0.000000178. The summed E-state index contributed by atoms with van der Waals surface area (Å²) in [6, 6.07) is 19.2. The van der Waals surface area contributed by atoms with Crippen molar-refractivity contribution in [2.75, 3.05) is 51.8 Å². The number of hydrogen-bond acceptors (Lipinski definition) is 8. The molecule has 0 spiro atoms. The largest absolute Gasteiger partial charge is 0.478 e. The number of benzene rings is 2. The van der Waals surface area contributed by atoms with Crippen LogP contribution in [0.5, 0.6) is 0 Å². The van der Waals surface area contributed by atoms with Crippen molar-refractivity contribution in [1.82, 2.24) is 28.5 Å². The monoisotopic (exact) mass is 998 g/mol. The highest BCUT2D eigenvalue weighted by atomic mass is 35.5. The predicted molar refractivity (Wildman–Crippen MR) is 263 cm³/mol. The molecule has 5 aliphatic rings. The van der Waals surface area contributed by atoms with Gasteiger partial charge in [-0.2, -0.15) is 0 Å². The normalized spacial score (nSPS) is 20.8. The molecular weight excluding hydrogens is 946 g/mol. The Bertz CT molecular complexity index is 3010. The second-order valence-corrected chi connectivity index (χ2v) is 23.2. The number of likely N-dealkylation sites (tertiary alicyclic amines) is 1. The van der Waals surface area contributed by atoms with Crippen LogP contribution in [0.15, 0.2) is 91.8 Å². The predicted octanol–water partition coefficient (Wildman–Crippen LogP) is 7.35. The van der Waals surface area contributed by atoms with Crippen LogP contribution in [0.2, 0.25) is 10.0 Å². The van der Waals surface area contributed by atoms with Crippen LogP contribution < -0.4 is 4.57 Å². The van der Waals surface area contributed by atoms with E-state index >= 15 is 0 Å². The Hall–Kier alpha value is -5.23. The highest BCUT2D eigenvalue weighted by molar-refractivity contribution is 7.88. The number of nitrogens with zero attached hydrogens (tertiary/aromatic N) is 6. The number of imidazole rings is 1. The number of aromatic amines is 1. The van der Waals surface area contributed by atoms with E-state index in [0.717, 1.165) is 64.9 Å². The van der Waals surface area contributed by atoms with E-state index in [9.17, 15) is 31.5 Å². The molecule has 0 bridgehead atoms. The molecule has 2 aliphatic carbocycles. The summed E-state index contributed by atoms with van der Waals surface area (Å²) in [4.78, 5) is 40.6. The lowest BCUT2D eigenvalue weighted by Gasteiger charge is -2.35. The lowest BCUT2D eigenvalue weighted by atomic mass is 9.76. The number of rotatable bonds is 7. The Morgan fingerprint density at radius 3 is 1.59 bits per heavy atom. The van der Waals surface area contributed by atoms with Crippen molar-refractivity contribution in [1.29, 1.82) is 0 Å². The van der Waals surface area contributed by atoms with Gasteiger partial charge >= 0.3 is 5.97 Å². The molecule has 14 nitrogen and oxygen atoms in total. The molecule has 2 N–H and O–H groups in total. The molecule has 2 aromatic carbocycles. The van der Waals surface area contributed by atoms with Gasteiger partial charge in [0.1, 0.15) is 18.4 Å². The number of H-pyrrole nitrogens is 1. The van der Waals surface area contributed by atoms with E-state index in [1.54, 1.807) is 47.0 Å². The first-order valence-electron chi connectivity index (χ1n) is 22.9. The molecule has 1 amide bonds. The van der Waals surface area contributed by atoms with E-state index in [2.05, 4.69) is 14.5 Å². The maximum atomic E-state index is 14.1. The number of piperidine rings is 3. The summed E-state index contributed by atoms with van der Waals surface area (Å²) >= 11 is 12.7. The van der Waals surface area contributed by atoms with Crippen molar-refractivity contribution >= 4 is 78.4 Å². The van der Waals surface area contributed by atoms with Crippen LogP contribution in [0.1, 0.15) is 101 Å². The molecule has 3 aromatic heterocycles. The molecule has 68 heavy (non-hydrogen) atoms. The molecule has 3 aliphatic heterocycles. The fourth-order valence-corrected chi connectivity index (χ4v) is 13.0. The van der Waals surface area contributed by atoms with Crippen LogP contribution >= 0.6 is 23.2 Å². The average Bonchev–Trinajstić information content (AvgIpc) is 3.77. The van der Waals surface area contributed by atoms with Crippen LogP contribution in [-0.4, -0.2) is 114 Å². The van der Waals surface area contributed by atoms with Crippen molar-refractivity contribution in [2.24, 2.45) is 11.8 Å². The van der Waals surface area contributed by atoms with Gasteiger partial charge in [0, 0.05) is 103 Å². The Kier molecular flexibility index (Phi) is 13.8. The van der Waals surface area contributed by atoms with E-state index in [1.165, 1.54) is 16.8 Å². The van der Waals surface area contributed by atoms with Crippen LogP contribution in [0.25, 0.3) is 23.3 Å². The van der Waals surface area contributed by atoms with Gasteiger partial charge in [0.15, 0.2) is 0 Å². The first kappa shape index (κ1) is 47.8. The standard InChI is InChI=1S/C29H32ClN5O3S.C21H21ClN2O4S/c1-39(37,38)35-14-6-20(7-15-35)27-24-5-4-22(30)17-21(24)18-26(25-3-2-10-32-28(25)27)29(36)33-12-8-23(9-13-33)34-16-11-31-19-34;1-29(27,28)24-9-6-13(7-10-24)19-16-5-4-15(22)11-14(16)12-18(21(25)26)17-3-2-8-23-20(17)19/h2-5,10-11,16-20,23,27H,6-9,12-15H2,1H3;2-5,8,11-13,19H,6-7,9-10H2,1H3,(H,25,26)/p+1. The second kappa shape index (κ2) is 19.6. The van der Waals surface area contributed by atoms with Gasteiger partial charge in [0.25, 0.3) is 5.91 Å². The molecule has 2 unspecified atom stereocenters. The molecule has 2 atom stereocenters. The quantitative estimate of drug-likeness (QED) is 0.158. The van der Waals surface area contributed by atoms with Gasteiger partial charge in [-0.05, 0) is 108 Å². The fourth-order valence-electron chi connectivity index (χ4n) is 10.9. The van der Waals surface area contributed by atoms with Crippen LogP contribution in [-0.2, 0) is 29.6 Å². The summed E-state index contributed by atoms with van der Waals surface area (Å²) in [7, 11) is -6.45. The van der Waals surface area contributed by atoms with E-state index in [4.69, 9.17) is 28.2 Å². The fraction of sp³-hybridized carbons (Fsp3) is 0.380. The Labute approximate surface area is 407 Å². The van der Waals surface area contributed by atoms with Gasteiger partial charge in [0.05, 0.1) is 29.5 Å². The Morgan fingerprint density at radius 1 is 0.676 bits per heavy atom.